The van der Waals surface area contributed by atoms with Crippen LogP contribution in [0.2, 0.25) is 0 Å². The minimum absolute atomic E-state index is 0.115. The Balaban J connectivity index is 1.83. The van der Waals surface area contributed by atoms with Gasteiger partial charge in [0.2, 0.25) is 0 Å². The van der Waals surface area contributed by atoms with E-state index in [-0.39, 0.29) is 12.0 Å². The Labute approximate surface area is 101 Å². The van der Waals surface area contributed by atoms with Gasteiger partial charge >= 0.3 is 0 Å². The molecule has 0 saturated heterocycles. The highest BCUT2D eigenvalue weighted by Gasteiger charge is 2.27. The molecule has 0 spiro atoms. The molecule has 1 saturated carbocycles. The van der Waals surface area contributed by atoms with Crippen molar-refractivity contribution in [2.45, 2.75) is 44.6 Å². The smallest absolute Gasteiger partial charge is 0.137 e. The molecule has 16 heavy (non-hydrogen) atoms. The van der Waals surface area contributed by atoms with E-state index in [4.69, 9.17) is 5.73 Å². The van der Waals surface area contributed by atoms with E-state index in [1.54, 1.807) is 11.3 Å². The molecule has 1 aliphatic rings. The summed E-state index contributed by atoms with van der Waals surface area (Å²) in [5.41, 5.74) is 7.29. The van der Waals surface area contributed by atoms with Crippen molar-refractivity contribution >= 4 is 17.1 Å². The van der Waals surface area contributed by atoms with Crippen LogP contribution < -0.4 is 5.73 Å². The number of Topliss-reactive ketones (excluding diaryl/α,β-unsaturated/α-hetero) is 1. The highest BCUT2D eigenvalue weighted by molar-refractivity contribution is 7.07. The minimum Gasteiger partial charge on any atom is -0.327 e. The van der Waals surface area contributed by atoms with E-state index in [9.17, 15) is 4.79 Å². The summed E-state index contributed by atoms with van der Waals surface area (Å²) in [6, 6.07) is 2.21. The highest BCUT2D eigenvalue weighted by atomic mass is 32.1. The fourth-order valence-corrected chi connectivity index (χ4v) is 3.15. The lowest BCUT2D eigenvalue weighted by atomic mass is 9.81. The first-order chi connectivity index (χ1) is 7.77. The number of nitrogens with two attached hydrogens (primary N) is 1. The normalized spacial score (nSPS) is 25.6. The molecular formula is C13H19NOS. The van der Waals surface area contributed by atoms with Gasteiger partial charge in [-0.1, -0.05) is 12.8 Å². The lowest BCUT2D eigenvalue weighted by Gasteiger charge is -2.27. The Bertz CT molecular complexity index is 334. The van der Waals surface area contributed by atoms with Crippen LogP contribution in [0.15, 0.2) is 16.8 Å². The van der Waals surface area contributed by atoms with Crippen molar-refractivity contribution < 1.29 is 4.79 Å². The average Bonchev–Trinajstić information content (AvgIpc) is 2.79. The van der Waals surface area contributed by atoms with Gasteiger partial charge in [-0.3, -0.25) is 4.79 Å². The molecule has 1 heterocycles. The minimum atomic E-state index is 0.115. The summed E-state index contributed by atoms with van der Waals surface area (Å²) in [5.74, 6) is 0.505. The molecule has 2 rings (SSSR count). The molecule has 0 radical (unpaired) electrons. The topological polar surface area (TPSA) is 43.1 Å². The molecular weight excluding hydrogens is 218 g/mol. The van der Waals surface area contributed by atoms with Crippen LogP contribution in [0.25, 0.3) is 0 Å². The predicted molar refractivity (Wildman–Crippen MR) is 67.6 cm³/mol. The number of hydrogen-bond acceptors (Lipinski definition) is 3. The van der Waals surface area contributed by atoms with Crippen molar-refractivity contribution in [3.63, 3.8) is 0 Å². The van der Waals surface area contributed by atoms with Crippen molar-refractivity contribution in [3.05, 3.63) is 22.4 Å². The monoisotopic (exact) mass is 237 g/mol. The first kappa shape index (κ1) is 11.8. The Hall–Kier alpha value is -0.670. The molecule has 0 aliphatic heterocycles. The van der Waals surface area contributed by atoms with Crippen LogP contribution in [-0.2, 0) is 11.2 Å². The number of carbonyl (C=O) groups is 1. The maximum Gasteiger partial charge on any atom is 0.137 e. The first-order valence-electron chi connectivity index (χ1n) is 6.07. The molecule has 2 nitrogen and oxygen atoms in total. The summed E-state index contributed by atoms with van der Waals surface area (Å²) < 4.78 is 0. The molecule has 0 bridgehead atoms. The van der Waals surface area contributed by atoms with E-state index in [2.05, 4.69) is 16.8 Å². The molecule has 1 fully saturated rings. The zero-order valence-corrected chi connectivity index (χ0v) is 10.3. The predicted octanol–water partition coefficient (Wildman–Crippen LogP) is 2.77. The van der Waals surface area contributed by atoms with Gasteiger partial charge in [0.1, 0.15) is 5.78 Å². The van der Waals surface area contributed by atoms with E-state index in [1.807, 2.05) is 0 Å². The summed E-state index contributed by atoms with van der Waals surface area (Å²) in [6.45, 7) is 0. The van der Waals surface area contributed by atoms with Crippen LogP contribution in [-0.4, -0.2) is 11.8 Å². The van der Waals surface area contributed by atoms with Crippen LogP contribution in [0.5, 0.6) is 0 Å². The van der Waals surface area contributed by atoms with Crippen LogP contribution in [0.1, 0.15) is 37.7 Å². The molecule has 3 heteroatoms. The van der Waals surface area contributed by atoms with Gasteiger partial charge in [0.25, 0.3) is 0 Å². The number of carbonyl (C=O) groups excluding carboxylic acids is 1. The largest absolute Gasteiger partial charge is 0.327 e. The van der Waals surface area contributed by atoms with Gasteiger partial charge in [-0.2, -0.15) is 11.3 Å². The summed E-state index contributed by atoms with van der Waals surface area (Å²) in [7, 11) is 0. The molecule has 1 aromatic heterocycles. The van der Waals surface area contributed by atoms with Crippen LogP contribution >= 0.6 is 11.3 Å². The van der Waals surface area contributed by atoms with Crippen molar-refractivity contribution in [1.29, 1.82) is 0 Å². The second-order valence-corrected chi connectivity index (χ2v) is 5.43. The Morgan fingerprint density at radius 1 is 1.44 bits per heavy atom. The van der Waals surface area contributed by atoms with Crippen molar-refractivity contribution in [2.24, 2.45) is 11.7 Å². The van der Waals surface area contributed by atoms with Gasteiger partial charge in [-0.15, -0.1) is 0 Å². The maximum atomic E-state index is 12.0. The molecule has 2 N–H and O–H groups in total. The van der Waals surface area contributed by atoms with E-state index in [0.717, 1.165) is 19.3 Å². The second-order valence-electron chi connectivity index (χ2n) is 4.65. The number of thiophene rings is 1. The van der Waals surface area contributed by atoms with E-state index in [0.29, 0.717) is 12.2 Å². The lowest BCUT2D eigenvalue weighted by Crippen LogP contribution is -2.38. The van der Waals surface area contributed by atoms with Crippen LogP contribution in [0, 0.1) is 5.92 Å². The van der Waals surface area contributed by atoms with Crippen molar-refractivity contribution in [2.75, 3.05) is 0 Å². The Kier molecular flexibility index (Phi) is 4.13. The number of rotatable bonds is 4. The molecule has 0 amide bonds. The van der Waals surface area contributed by atoms with Gasteiger partial charge in [-0.25, -0.2) is 0 Å². The van der Waals surface area contributed by atoms with Gasteiger partial charge < -0.3 is 5.73 Å². The van der Waals surface area contributed by atoms with Gasteiger partial charge in [-0.05, 0) is 41.7 Å². The third-order valence-electron chi connectivity index (χ3n) is 3.47. The quantitative estimate of drug-likeness (QED) is 0.875. The lowest BCUT2D eigenvalue weighted by molar-refractivity contribution is -0.124. The van der Waals surface area contributed by atoms with Crippen LogP contribution in [0.4, 0.5) is 0 Å². The second kappa shape index (κ2) is 5.60. The molecule has 2 unspecified atom stereocenters. The highest BCUT2D eigenvalue weighted by Crippen LogP contribution is 2.25. The van der Waals surface area contributed by atoms with Crippen molar-refractivity contribution in [1.82, 2.24) is 0 Å². The molecule has 88 valence electrons. The van der Waals surface area contributed by atoms with Gasteiger partial charge in [0, 0.05) is 18.4 Å². The average molecular weight is 237 g/mol. The fourth-order valence-electron chi connectivity index (χ4n) is 2.45. The molecule has 1 aliphatic carbocycles. The van der Waals surface area contributed by atoms with Crippen LogP contribution in [0.3, 0.4) is 0 Å². The summed E-state index contributed by atoms with van der Waals surface area (Å²) in [6.07, 6.45) is 5.93. The van der Waals surface area contributed by atoms with Gasteiger partial charge in [0.05, 0.1) is 0 Å². The number of hydrogen-bond donors (Lipinski definition) is 1. The maximum absolute atomic E-state index is 12.0. The number of aryl methyl sites for hydroxylation is 1. The van der Waals surface area contributed by atoms with E-state index >= 15 is 0 Å². The van der Waals surface area contributed by atoms with Crippen molar-refractivity contribution in [3.8, 4) is 0 Å². The number of ketones is 1. The zero-order valence-electron chi connectivity index (χ0n) is 9.52. The third kappa shape index (κ3) is 2.92. The third-order valence-corrected chi connectivity index (χ3v) is 4.21. The molecule has 2 atom stereocenters. The summed E-state index contributed by atoms with van der Waals surface area (Å²) in [4.78, 5) is 12.0. The Morgan fingerprint density at radius 3 is 2.94 bits per heavy atom. The van der Waals surface area contributed by atoms with Gasteiger partial charge in [0.15, 0.2) is 0 Å². The molecule has 1 aromatic rings. The SMILES string of the molecule is NC1CCCCC1C(=O)CCc1ccsc1. The fraction of sp³-hybridized carbons (Fsp3) is 0.615. The van der Waals surface area contributed by atoms with E-state index < -0.39 is 0 Å². The summed E-state index contributed by atoms with van der Waals surface area (Å²) in [5, 5.41) is 4.18. The summed E-state index contributed by atoms with van der Waals surface area (Å²) >= 11 is 1.69. The first-order valence-corrected chi connectivity index (χ1v) is 7.01. The standard InChI is InChI=1S/C13H19NOS/c14-12-4-2-1-3-11(12)13(15)6-5-10-7-8-16-9-10/h7-9,11-12H,1-6,14H2. The molecule has 0 aromatic carbocycles. The van der Waals surface area contributed by atoms with E-state index in [1.165, 1.54) is 18.4 Å². The zero-order chi connectivity index (χ0) is 11.4. The Morgan fingerprint density at radius 2 is 2.25 bits per heavy atom.